The van der Waals surface area contributed by atoms with Gasteiger partial charge in [-0.3, -0.25) is 4.98 Å². The van der Waals surface area contributed by atoms with Gasteiger partial charge in [-0.25, -0.2) is 0 Å². The number of fused-ring (bicyclic) bond motifs is 9. The van der Waals surface area contributed by atoms with Crippen LogP contribution in [0.25, 0.3) is 82.2 Å². The minimum atomic E-state index is 0.962. The number of hydrogen-bond acceptors (Lipinski definition) is 1. The summed E-state index contributed by atoms with van der Waals surface area (Å²) in [7, 11) is 0. The molecule has 9 rings (SSSR count). The quantitative estimate of drug-likeness (QED) is 0.202. The van der Waals surface area contributed by atoms with Crippen molar-refractivity contribution in [3.05, 3.63) is 158 Å². The predicted octanol–water partition coefficient (Wildman–Crippen LogP) is 11.0. The van der Waals surface area contributed by atoms with Gasteiger partial charge in [0.15, 0.2) is 0 Å². The number of aromatic nitrogens is 2. The van der Waals surface area contributed by atoms with Crippen LogP contribution < -0.4 is 0 Å². The van der Waals surface area contributed by atoms with Crippen LogP contribution in [0.15, 0.2) is 158 Å². The summed E-state index contributed by atoms with van der Waals surface area (Å²) in [6.45, 7) is 0. The van der Waals surface area contributed by atoms with E-state index in [1.165, 1.54) is 65.3 Å². The summed E-state index contributed by atoms with van der Waals surface area (Å²) in [5.41, 5.74) is 7.90. The Labute approximate surface area is 249 Å². The van der Waals surface area contributed by atoms with Gasteiger partial charge in [0.1, 0.15) is 0 Å². The van der Waals surface area contributed by atoms with E-state index in [4.69, 9.17) is 4.98 Å². The fourth-order valence-corrected chi connectivity index (χ4v) is 6.84. The van der Waals surface area contributed by atoms with E-state index in [0.717, 1.165) is 16.9 Å². The molecule has 0 amide bonds. The number of rotatable bonds is 3. The monoisotopic (exact) mass is 546 g/mol. The lowest BCUT2D eigenvalue weighted by molar-refractivity contribution is 1.14. The van der Waals surface area contributed by atoms with Crippen molar-refractivity contribution in [3.63, 3.8) is 0 Å². The van der Waals surface area contributed by atoms with Crippen LogP contribution in [-0.2, 0) is 0 Å². The summed E-state index contributed by atoms with van der Waals surface area (Å²) < 4.78 is 2.31. The molecule has 43 heavy (non-hydrogen) atoms. The van der Waals surface area contributed by atoms with Crippen LogP contribution in [0, 0.1) is 0 Å². The van der Waals surface area contributed by atoms with Crippen molar-refractivity contribution in [2.45, 2.75) is 0 Å². The molecule has 0 bridgehead atoms. The van der Waals surface area contributed by atoms with Gasteiger partial charge in [0.2, 0.25) is 0 Å². The predicted molar refractivity (Wildman–Crippen MR) is 182 cm³/mol. The zero-order valence-electron chi connectivity index (χ0n) is 23.4. The molecule has 2 aromatic heterocycles. The van der Waals surface area contributed by atoms with Crippen molar-refractivity contribution in [2.24, 2.45) is 0 Å². The fraction of sp³-hybridized carbons (Fsp3) is 0. The molecular formula is C41H26N2. The average Bonchev–Trinajstić information content (AvgIpc) is 3.43. The molecule has 0 N–H and O–H groups in total. The number of pyridine rings is 1. The number of para-hydroxylation sites is 2. The van der Waals surface area contributed by atoms with E-state index in [9.17, 15) is 0 Å². The summed E-state index contributed by atoms with van der Waals surface area (Å²) in [5, 5.41) is 10.3. The van der Waals surface area contributed by atoms with Crippen molar-refractivity contribution in [1.82, 2.24) is 9.55 Å². The number of benzene rings is 7. The van der Waals surface area contributed by atoms with Gasteiger partial charge in [0.25, 0.3) is 0 Å². The third kappa shape index (κ3) is 3.70. The highest BCUT2D eigenvalue weighted by atomic mass is 15.0. The zero-order chi connectivity index (χ0) is 28.3. The van der Waals surface area contributed by atoms with Gasteiger partial charge in [-0.15, -0.1) is 0 Å². The van der Waals surface area contributed by atoms with Crippen LogP contribution in [0.4, 0.5) is 0 Å². The van der Waals surface area contributed by atoms with Gasteiger partial charge in [-0.1, -0.05) is 115 Å². The molecule has 200 valence electrons. The molecule has 0 aliphatic heterocycles. The molecule has 0 unspecified atom stereocenters. The molecular weight excluding hydrogens is 520 g/mol. The summed E-state index contributed by atoms with van der Waals surface area (Å²) in [6.07, 6.45) is 1.99. The third-order valence-electron chi connectivity index (χ3n) is 8.82. The Morgan fingerprint density at radius 3 is 1.47 bits per heavy atom. The molecule has 0 aliphatic rings. The molecule has 7 aromatic carbocycles. The van der Waals surface area contributed by atoms with Gasteiger partial charge in [0.05, 0.1) is 28.6 Å². The highest BCUT2D eigenvalue weighted by Crippen LogP contribution is 2.38. The minimum Gasteiger partial charge on any atom is -0.308 e. The van der Waals surface area contributed by atoms with Gasteiger partial charge >= 0.3 is 0 Å². The lowest BCUT2D eigenvalue weighted by Gasteiger charge is -2.12. The molecule has 2 nitrogen and oxygen atoms in total. The Hall–Kier alpha value is -5.73. The van der Waals surface area contributed by atoms with E-state index >= 15 is 0 Å². The van der Waals surface area contributed by atoms with Crippen LogP contribution >= 0.6 is 0 Å². The first-order valence-electron chi connectivity index (χ1n) is 14.7. The molecule has 2 heterocycles. The molecule has 0 atom stereocenters. The Balaban J connectivity index is 1.14. The molecule has 2 heteroatoms. The maximum atomic E-state index is 4.96. The Morgan fingerprint density at radius 1 is 0.349 bits per heavy atom. The Bertz CT molecular complexity index is 2410. The van der Waals surface area contributed by atoms with Crippen LogP contribution in [0.3, 0.4) is 0 Å². The molecule has 0 spiro atoms. The van der Waals surface area contributed by atoms with Crippen molar-refractivity contribution in [1.29, 1.82) is 0 Å². The van der Waals surface area contributed by atoms with Crippen LogP contribution in [0.1, 0.15) is 0 Å². The van der Waals surface area contributed by atoms with E-state index in [-0.39, 0.29) is 0 Å². The first kappa shape index (κ1) is 23.9. The number of hydrogen-bond donors (Lipinski definition) is 0. The Morgan fingerprint density at radius 2 is 0.860 bits per heavy atom. The third-order valence-corrected chi connectivity index (χ3v) is 8.82. The van der Waals surface area contributed by atoms with Gasteiger partial charge in [0, 0.05) is 16.3 Å². The van der Waals surface area contributed by atoms with Crippen LogP contribution in [-0.4, -0.2) is 9.55 Å². The topological polar surface area (TPSA) is 17.8 Å². The van der Waals surface area contributed by atoms with Gasteiger partial charge in [-0.2, -0.15) is 0 Å². The average molecular weight is 547 g/mol. The van der Waals surface area contributed by atoms with Crippen molar-refractivity contribution in [2.75, 3.05) is 0 Å². The van der Waals surface area contributed by atoms with E-state index in [1.807, 2.05) is 6.20 Å². The molecule has 0 saturated carbocycles. The van der Waals surface area contributed by atoms with Crippen molar-refractivity contribution < 1.29 is 0 Å². The maximum absolute atomic E-state index is 4.96. The first-order valence-corrected chi connectivity index (χ1v) is 14.7. The summed E-state index contributed by atoms with van der Waals surface area (Å²) in [4.78, 5) is 4.96. The number of nitrogens with zero attached hydrogens (tertiary/aromatic N) is 2. The van der Waals surface area contributed by atoms with Crippen molar-refractivity contribution in [3.8, 4) is 28.1 Å². The molecule has 9 aromatic rings. The smallest absolute Gasteiger partial charge is 0.0703 e. The highest BCUT2D eigenvalue weighted by Gasteiger charge is 2.13. The van der Waals surface area contributed by atoms with E-state index in [1.54, 1.807) is 0 Å². The van der Waals surface area contributed by atoms with E-state index in [0.29, 0.717) is 0 Å². The first-order chi connectivity index (χ1) is 21.3. The second-order valence-electron chi connectivity index (χ2n) is 11.2. The van der Waals surface area contributed by atoms with Crippen LogP contribution in [0.5, 0.6) is 0 Å². The van der Waals surface area contributed by atoms with E-state index < -0.39 is 0 Å². The van der Waals surface area contributed by atoms with Gasteiger partial charge in [-0.05, 0) is 79.8 Å². The largest absolute Gasteiger partial charge is 0.308 e. The molecule has 0 fully saturated rings. The SMILES string of the molecule is c1cc(-c2ccc3c4ccccc4c4ccccc4c3c2)cc(-c2ccc(-n3c4ccccc4c4ccccc43)cn2)c1. The maximum Gasteiger partial charge on any atom is 0.0703 e. The minimum absolute atomic E-state index is 0.962. The normalized spacial score (nSPS) is 11.7. The fourth-order valence-electron chi connectivity index (χ4n) is 6.84. The molecule has 0 aliphatic carbocycles. The summed E-state index contributed by atoms with van der Waals surface area (Å²) in [6, 6.07) is 54.6. The van der Waals surface area contributed by atoms with E-state index in [2.05, 4.69) is 156 Å². The van der Waals surface area contributed by atoms with Gasteiger partial charge < -0.3 is 4.57 Å². The summed E-state index contributed by atoms with van der Waals surface area (Å²) >= 11 is 0. The van der Waals surface area contributed by atoms with Crippen molar-refractivity contribution >= 4 is 54.1 Å². The summed E-state index contributed by atoms with van der Waals surface area (Å²) in [5.74, 6) is 0. The molecule has 0 radical (unpaired) electrons. The Kier molecular flexibility index (Phi) is 5.23. The second kappa shape index (κ2) is 9.40. The molecule has 0 saturated heterocycles. The lowest BCUT2D eigenvalue weighted by Crippen LogP contribution is -1.95. The lowest BCUT2D eigenvalue weighted by atomic mass is 9.92. The second-order valence-corrected chi connectivity index (χ2v) is 11.2. The standard InChI is InChI=1S/C41H26N2/c1-2-14-33-31(12-1)32-13-3-4-15-34(32)38-25-28(20-22-35(33)38)27-10-9-11-29(24-27)39-23-21-30(26-42-39)43-40-18-7-5-16-36(40)37-17-6-8-19-41(37)43/h1-26H. The van der Waals surface area contributed by atoms with Crippen LogP contribution in [0.2, 0.25) is 0 Å². The highest BCUT2D eigenvalue weighted by molar-refractivity contribution is 6.25. The zero-order valence-corrected chi connectivity index (χ0v) is 23.4.